The first kappa shape index (κ1) is 14.0. The molecule has 2 aliphatic carbocycles. The first-order valence-corrected chi connectivity index (χ1v) is 8.51. The minimum Gasteiger partial charge on any atom is -0.317 e. The minimum atomic E-state index is 0.140. The fraction of sp³-hybridized carbons (Fsp3) is 0.733. The van der Waals surface area contributed by atoms with Crippen molar-refractivity contribution in [3.05, 3.63) is 11.1 Å². The highest BCUT2D eigenvalue weighted by molar-refractivity contribution is 7.15. The van der Waals surface area contributed by atoms with Crippen molar-refractivity contribution in [2.75, 3.05) is 12.4 Å². The van der Waals surface area contributed by atoms with Crippen LogP contribution in [-0.2, 0) is 4.79 Å². The smallest absolute Gasteiger partial charge is 0.229 e. The van der Waals surface area contributed by atoms with Gasteiger partial charge in [0.05, 0.1) is 0 Å². The summed E-state index contributed by atoms with van der Waals surface area (Å²) in [5.41, 5.74) is 0. The van der Waals surface area contributed by atoms with Crippen LogP contribution >= 0.6 is 11.3 Å². The summed E-state index contributed by atoms with van der Waals surface area (Å²) in [6, 6.07) is 0.514. The van der Waals surface area contributed by atoms with Gasteiger partial charge in [0.15, 0.2) is 5.13 Å². The van der Waals surface area contributed by atoms with Gasteiger partial charge in [-0.25, -0.2) is 4.98 Å². The second-order valence-corrected chi connectivity index (χ2v) is 7.11. The average molecular weight is 293 g/mol. The predicted octanol–water partition coefficient (Wildman–Crippen LogP) is 3.13. The van der Waals surface area contributed by atoms with E-state index in [-0.39, 0.29) is 11.8 Å². The maximum Gasteiger partial charge on any atom is 0.229 e. The van der Waals surface area contributed by atoms with Crippen LogP contribution in [0.3, 0.4) is 0 Å². The van der Waals surface area contributed by atoms with Crippen LogP contribution in [0.15, 0.2) is 6.20 Å². The van der Waals surface area contributed by atoms with Crippen molar-refractivity contribution >= 4 is 22.4 Å². The summed E-state index contributed by atoms with van der Waals surface area (Å²) < 4.78 is 0. The van der Waals surface area contributed by atoms with Crippen molar-refractivity contribution in [2.24, 2.45) is 5.92 Å². The Morgan fingerprint density at radius 2 is 2.05 bits per heavy atom. The second-order valence-electron chi connectivity index (χ2n) is 6.05. The third-order valence-corrected chi connectivity index (χ3v) is 5.75. The Hall–Kier alpha value is -0.940. The Balaban J connectivity index is 1.53. The maximum absolute atomic E-state index is 12.1. The Morgan fingerprint density at radius 3 is 2.75 bits per heavy atom. The minimum absolute atomic E-state index is 0.140. The average Bonchev–Trinajstić information content (AvgIpc) is 2.87. The van der Waals surface area contributed by atoms with Crippen LogP contribution in [0, 0.1) is 5.92 Å². The van der Waals surface area contributed by atoms with Gasteiger partial charge in [-0.1, -0.05) is 19.3 Å². The summed E-state index contributed by atoms with van der Waals surface area (Å²) in [4.78, 5) is 17.8. The Bertz CT molecular complexity index is 461. The Labute approximate surface area is 124 Å². The Morgan fingerprint density at radius 1 is 1.30 bits per heavy atom. The van der Waals surface area contributed by atoms with Crippen LogP contribution < -0.4 is 10.6 Å². The molecule has 1 aromatic rings. The van der Waals surface area contributed by atoms with E-state index in [0.717, 1.165) is 18.0 Å². The van der Waals surface area contributed by atoms with E-state index in [2.05, 4.69) is 15.6 Å². The zero-order valence-electron chi connectivity index (χ0n) is 12.0. The standard InChI is InChI=1S/C15H23N3OS/c1-16-12-7-11(8-12)14(19)18-15-17-9-13(20-15)10-5-3-2-4-6-10/h9-12,16H,2-8H2,1H3,(H,17,18,19)/t11-,12-. The lowest BCUT2D eigenvalue weighted by Crippen LogP contribution is -2.44. The molecule has 1 amide bonds. The normalized spacial score (nSPS) is 27.1. The number of hydrogen-bond acceptors (Lipinski definition) is 4. The fourth-order valence-corrected chi connectivity index (χ4v) is 4.18. The van der Waals surface area contributed by atoms with Crippen molar-refractivity contribution in [1.82, 2.24) is 10.3 Å². The molecule has 3 rings (SSSR count). The highest BCUT2D eigenvalue weighted by Crippen LogP contribution is 2.37. The van der Waals surface area contributed by atoms with Gasteiger partial charge in [0.1, 0.15) is 0 Å². The third kappa shape index (κ3) is 3.04. The first-order valence-electron chi connectivity index (χ1n) is 7.70. The summed E-state index contributed by atoms with van der Waals surface area (Å²) in [6.07, 6.45) is 10.5. The molecule has 2 N–H and O–H groups in total. The largest absolute Gasteiger partial charge is 0.317 e. The lowest BCUT2D eigenvalue weighted by Gasteiger charge is -2.33. The van der Waals surface area contributed by atoms with Crippen molar-refractivity contribution < 1.29 is 4.79 Å². The zero-order valence-corrected chi connectivity index (χ0v) is 12.8. The molecule has 0 bridgehead atoms. The molecule has 2 fully saturated rings. The topological polar surface area (TPSA) is 54.0 Å². The highest BCUT2D eigenvalue weighted by Gasteiger charge is 2.33. The zero-order chi connectivity index (χ0) is 13.9. The van der Waals surface area contributed by atoms with E-state index in [9.17, 15) is 4.79 Å². The second kappa shape index (κ2) is 6.22. The van der Waals surface area contributed by atoms with Crippen molar-refractivity contribution in [3.63, 3.8) is 0 Å². The van der Waals surface area contributed by atoms with Crippen LogP contribution in [0.1, 0.15) is 55.7 Å². The molecule has 0 unspecified atom stereocenters. The molecule has 0 spiro atoms. The molecule has 0 aromatic carbocycles. The van der Waals surface area contributed by atoms with Crippen LogP contribution in [0.5, 0.6) is 0 Å². The molecule has 2 saturated carbocycles. The molecule has 2 aliphatic rings. The third-order valence-electron chi connectivity index (χ3n) is 4.68. The molecule has 0 atom stereocenters. The maximum atomic E-state index is 12.1. The fourth-order valence-electron chi connectivity index (χ4n) is 3.20. The summed E-state index contributed by atoms with van der Waals surface area (Å²) in [5.74, 6) is 0.972. The summed E-state index contributed by atoms with van der Waals surface area (Å²) >= 11 is 1.67. The van der Waals surface area contributed by atoms with Crippen LogP contribution in [0.2, 0.25) is 0 Å². The van der Waals surface area contributed by atoms with Crippen molar-refractivity contribution in [2.45, 2.75) is 56.9 Å². The number of anilines is 1. The lowest BCUT2D eigenvalue weighted by atomic mass is 9.80. The highest BCUT2D eigenvalue weighted by atomic mass is 32.1. The number of thiazole rings is 1. The number of aromatic nitrogens is 1. The number of carbonyl (C=O) groups is 1. The van der Waals surface area contributed by atoms with Gasteiger partial charge in [-0.15, -0.1) is 11.3 Å². The van der Waals surface area contributed by atoms with E-state index in [1.165, 1.54) is 37.0 Å². The summed E-state index contributed by atoms with van der Waals surface area (Å²) in [6.45, 7) is 0. The molecule has 1 heterocycles. The lowest BCUT2D eigenvalue weighted by molar-refractivity contribution is -0.122. The van der Waals surface area contributed by atoms with Gasteiger partial charge in [-0.2, -0.15) is 0 Å². The monoisotopic (exact) mass is 293 g/mol. The van der Waals surface area contributed by atoms with E-state index >= 15 is 0 Å². The van der Waals surface area contributed by atoms with E-state index in [4.69, 9.17) is 0 Å². The van der Waals surface area contributed by atoms with E-state index in [1.807, 2.05) is 13.2 Å². The van der Waals surface area contributed by atoms with Crippen LogP contribution in [-0.4, -0.2) is 24.0 Å². The number of nitrogens with zero attached hydrogens (tertiary/aromatic N) is 1. The molecular weight excluding hydrogens is 270 g/mol. The number of nitrogens with one attached hydrogen (secondary N) is 2. The number of amides is 1. The van der Waals surface area contributed by atoms with Gasteiger partial charge >= 0.3 is 0 Å². The molecule has 0 aliphatic heterocycles. The van der Waals surface area contributed by atoms with E-state index in [1.54, 1.807) is 11.3 Å². The Kier molecular flexibility index (Phi) is 4.36. The molecular formula is C15H23N3OS. The van der Waals surface area contributed by atoms with Gasteiger partial charge in [0.2, 0.25) is 5.91 Å². The number of rotatable bonds is 4. The molecule has 20 heavy (non-hydrogen) atoms. The van der Waals surface area contributed by atoms with Crippen LogP contribution in [0.4, 0.5) is 5.13 Å². The van der Waals surface area contributed by atoms with Crippen molar-refractivity contribution in [3.8, 4) is 0 Å². The van der Waals surface area contributed by atoms with Gasteiger partial charge in [0, 0.05) is 23.0 Å². The number of hydrogen-bond donors (Lipinski definition) is 2. The molecule has 5 heteroatoms. The summed E-state index contributed by atoms with van der Waals surface area (Å²) in [5, 5.41) is 6.97. The first-order chi connectivity index (χ1) is 9.76. The predicted molar refractivity (Wildman–Crippen MR) is 82.1 cm³/mol. The molecule has 0 saturated heterocycles. The summed E-state index contributed by atoms with van der Waals surface area (Å²) in [7, 11) is 1.95. The SMILES string of the molecule is CN[C@H]1C[C@H](C(=O)Nc2ncc(C3CCCCC3)s2)C1. The molecule has 0 radical (unpaired) electrons. The van der Waals surface area contributed by atoms with Crippen LogP contribution in [0.25, 0.3) is 0 Å². The quantitative estimate of drug-likeness (QED) is 0.896. The van der Waals surface area contributed by atoms with E-state index in [0.29, 0.717) is 12.0 Å². The van der Waals surface area contributed by atoms with Crippen molar-refractivity contribution in [1.29, 1.82) is 0 Å². The molecule has 110 valence electrons. The van der Waals surface area contributed by atoms with Gasteiger partial charge in [-0.05, 0) is 38.6 Å². The van der Waals surface area contributed by atoms with Gasteiger partial charge < -0.3 is 10.6 Å². The van der Waals surface area contributed by atoms with Gasteiger partial charge in [0.25, 0.3) is 0 Å². The van der Waals surface area contributed by atoms with Gasteiger partial charge in [-0.3, -0.25) is 4.79 Å². The molecule has 4 nitrogen and oxygen atoms in total. The van der Waals surface area contributed by atoms with E-state index < -0.39 is 0 Å². The molecule has 1 aromatic heterocycles. The number of carbonyl (C=O) groups excluding carboxylic acids is 1.